The molecule has 0 saturated heterocycles. The monoisotopic (exact) mass is 315 g/mol. The van der Waals surface area contributed by atoms with Crippen molar-refractivity contribution in [3.05, 3.63) is 28.1 Å². The number of nitrogens with one attached hydrogen (secondary N) is 2. The molecule has 120 valence electrons. The molecular weight excluding hydrogens is 299 g/mol. The Morgan fingerprint density at radius 3 is 2.68 bits per heavy atom. The van der Waals surface area contributed by atoms with Crippen LogP contribution in [0.2, 0.25) is 0 Å². The van der Waals surface area contributed by atoms with Crippen LogP contribution in [0.3, 0.4) is 0 Å². The number of esters is 1. The van der Waals surface area contributed by atoms with Crippen molar-refractivity contribution in [2.24, 2.45) is 5.10 Å². The van der Waals surface area contributed by atoms with E-state index in [1.54, 1.807) is 20.8 Å². The minimum absolute atomic E-state index is 0.0128. The van der Waals surface area contributed by atoms with Crippen LogP contribution in [-0.4, -0.2) is 36.0 Å². The van der Waals surface area contributed by atoms with Gasteiger partial charge in [-0.3, -0.25) is 0 Å². The van der Waals surface area contributed by atoms with Crippen molar-refractivity contribution < 1.29 is 22.7 Å². The van der Waals surface area contributed by atoms with Gasteiger partial charge >= 0.3 is 12.1 Å². The van der Waals surface area contributed by atoms with Gasteiger partial charge in [0.05, 0.1) is 18.7 Å². The molecule has 0 atom stereocenters. The average molecular weight is 315 g/mol. The van der Waals surface area contributed by atoms with Gasteiger partial charge in [0.2, 0.25) is 0 Å². The summed E-state index contributed by atoms with van der Waals surface area (Å²) in [5, 5.41) is 3.28. The highest BCUT2D eigenvalue weighted by Gasteiger charge is 2.40. The number of ether oxygens (including phenoxy) is 1. The first-order valence-corrected chi connectivity index (χ1v) is 6.70. The number of hydrogen-bond donors (Lipinski definition) is 2. The molecule has 1 aromatic heterocycles. The molecule has 0 unspecified atom stereocenters. The molecule has 0 bridgehead atoms. The summed E-state index contributed by atoms with van der Waals surface area (Å²) in [7, 11) is 0. The molecule has 0 aliphatic carbocycles. The van der Waals surface area contributed by atoms with Gasteiger partial charge in [0, 0.05) is 17.0 Å². The fourth-order valence-electron chi connectivity index (χ4n) is 2.33. The number of aryl methyl sites for hydroxylation is 1. The van der Waals surface area contributed by atoms with Crippen molar-refractivity contribution in [1.82, 2.24) is 10.4 Å². The van der Waals surface area contributed by atoms with Gasteiger partial charge in [-0.1, -0.05) is 0 Å². The number of carbonyl (C=O) groups excluding carboxylic acids is 1. The lowest BCUT2D eigenvalue weighted by molar-refractivity contribution is -0.0580. The zero-order valence-electron chi connectivity index (χ0n) is 12.4. The molecule has 5 nitrogen and oxygen atoms in total. The maximum Gasteiger partial charge on any atom is 0.435 e. The molecule has 0 saturated carbocycles. The van der Waals surface area contributed by atoms with E-state index in [1.165, 1.54) is 6.08 Å². The van der Waals surface area contributed by atoms with E-state index >= 15 is 0 Å². The summed E-state index contributed by atoms with van der Waals surface area (Å²) < 4.78 is 43.4. The number of alkyl halides is 3. The number of aromatic nitrogens is 1. The molecule has 1 aliphatic rings. The summed E-state index contributed by atoms with van der Waals surface area (Å²) in [4.78, 5) is 14.8. The summed E-state index contributed by atoms with van der Waals surface area (Å²) >= 11 is 0. The molecular formula is C14H16F3N3O2. The fourth-order valence-corrected chi connectivity index (χ4v) is 2.33. The molecule has 0 amide bonds. The Hall–Kier alpha value is -2.25. The Balaban J connectivity index is 2.39. The van der Waals surface area contributed by atoms with E-state index in [2.05, 4.69) is 15.5 Å². The summed E-state index contributed by atoms with van der Waals surface area (Å²) in [6, 6.07) is 0. The van der Waals surface area contributed by atoms with Crippen LogP contribution >= 0.6 is 0 Å². The molecule has 0 radical (unpaired) electrons. The molecule has 8 heteroatoms. The standard InChI is InChI=1S/C14H16F3N3O2/c1-4-22-13(21)11-7(2)10(19-8(11)3)5-9-6-18-20-12(9)14(15,16)17/h5,18-19H,4,6H2,1-3H3. The smallest absolute Gasteiger partial charge is 0.435 e. The van der Waals surface area contributed by atoms with E-state index in [0.29, 0.717) is 22.5 Å². The maximum atomic E-state index is 12.8. The maximum absolute atomic E-state index is 12.8. The first kappa shape index (κ1) is 16.1. The third kappa shape index (κ3) is 3.00. The van der Waals surface area contributed by atoms with E-state index in [4.69, 9.17) is 4.74 Å². The fraction of sp³-hybridized carbons (Fsp3) is 0.429. The number of hydrogen-bond acceptors (Lipinski definition) is 4. The molecule has 0 aromatic carbocycles. The van der Waals surface area contributed by atoms with Gasteiger partial charge in [-0.05, 0) is 32.4 Å². The van der Waals surface area contributed by atoms with E-state index in [9.17, 15) is 18.0 Å². The topological polar surface area (TPSA) is 66.5 Å². The Labute approximate surface area is 125 Å². The number of hydrazone groups is 1. The Morgan fingerprint density at radius 2 is 2.09 bits per heavy atom. The number of carbonyl (C=O) groups is 1. The highest BCUT2D eigenvalue weighted by Crippen LogP contribution is 2.27. The zero-order chi connectivity index (χ0) is 16.5. The van der Waals surface area contributed by atoms with E-state index in [0.717, 1.165) is 0 Å². The van der Waals surface area contributed by atoms with Gasteiger partial charge < -0.3 is 15.1 Å². The van der Waals surface area contributed by atoms with Crippen LogP contribution in [0.1, 0.15) is 34.2 Å². The van der Waals surface area contributed by atoms with E-state index in [-0.39, 0.29) is 18.7 Å². The molecule has 1 aliphatic heterocycles. The highest BCUT2D eigenvalue weighted by molar-refractivity contribution is 6.09. The van der Waals surface area contributed by atoms with Crippen LogP contribution in [0.5, 0.6) is 0 Å². The second kappa shape index (κ2) is 5.86. The van der Waals surface area contributed by atoms with Gasteiger partial charge in [0.1, 0.15) is 0 Å². The quantitative estimate of drug-likeness (QED) is 0.843. The molecule has 2 rings (SSSR count). The minimum Gasteiger partial charge on any atom is -0.462 e. The minimum atomic E-state index is -4.52. The van der Waals surface area contributed by atoms with Crippen molar-refractivity contribution in [1.29, 1.82) is 0 Å². The molecule has 2 heterocycles. The second-order valence-corrected chi connectivity index (χ2v) is 4.85. The third-order valence-corrected chi connectivity index (χ3v) is 3.31. The lowest BCUT2D eigenvalue weighted by Crippen LogP contribution is -2.23. The van der Waals surface area contributed by atoms with Crippen molar-refractivity contribution in [3.8, 4) is 0 Å². The van der Waals surface area contributed by atoms with Crippen LogP contribution in [0.25, 0.3) is 6.08 Å². The summed E-state index contributed by atoms with van der Waals surface area (Å²) in [6.45, 7) is 5.24. The van der Waals surface area contributed by atoms with Crippen LogP contribution in [0, 0.1) is 13.8 Å². The van der Waals surface area contributed by atoms with E-state index < -0.39 is 17.9 Å². The number of halogens is 3. The van der Waals surface area contributed by atoms with Gasteiger partial charge in [-0.25, -0.2) is 4.79 Å². The molecule has 0 spiro atoms. The van der Waals surface area contributed by atoms with Gasteiger partial charge in [0.15, 0.2) is 5.71 Å². The molecule has 2 N–H and O–H groups in total. The Kier molecular flexibility index (Phi) is 4.30. The third-order valence-electron chi connectivity index (χ3n) is 3.31. The van der Waals surface area contributed by atoms with Crippen molar-refractivity contribution in [2.45, 2.75) is 26.9 Å². The molecule has 0 fully saturated rings. The lowest BCUT2D eigenvalue weighted by Gasteiger charge is -2.06. The number of nitrogens with zero attached hydrogens (tertiary/aromatic N) is 1. The normalized spacial score (nSPS) is 16.6. The summed E-state index contributed by atoms with van der Waals surface area (Å²) in [5.74, 6) is -0.493. The van der Waals surface area contributed by atoms with E-state index in [1.807, 2.05) is 0 Å². The largest absolute Gasteiger partial charge is 0.462 e. The zero-order valence-corrected chi connectivity index (χ0v) is 12.4. The average Bonchev–Trinajstić information content (AvgIpc) is 2.95. The van der Waals surface area contributed by atoms with Gasteiger partial charge in [0.25, 0.3) is 0 Å². The second-order valence-electron chi connectivity index (χ2n) is 4.85. The van der Waals surface area contributed by atoms with Crippen LogP contribution in [-0.2, 0) is 4.74 Å². The Bertz CT molecular complexity index is 657. The SMILES string of the molecule is CCOC(=O)c1c(C)[nH]c(C=C2CNN=C2C(F)(F)F)c1C. The van der Waals surface area contributed by atoms with Crippen LogP contribution in [0.4, 0.5) is 13.2 Å². The number of aromatic amines is 1. The highest BCUT2D eigenvalue weighted by atomic mass is 19.4. The lowest BCUT2D eigenvalue weighted by atomic mass is 10.1. The van der Waals surface area contributed by atoms with Crippen LogP contribution in [0.15, 0.2) is 10.7 Å². The summed E-state index contributed by atoms with van der Waals surface area (Å²) in [6.07, 6.45) is -3.16. The first-order valence-electron chi connectivity index (χ1n) is 6.70. The Morgan fingerprint density at radius 1 is 1.41 bits per heavy atom. The van der Waals surface area contributed by atoms with Crippen molar-refractivity contribution >= 4 is 17.8 Å². The van der Waals surface area contributed by atoms with Crippen molar-refractivity contribution in [2.75, 3.05) is 13.2 Å². The summed E-state index contributed by atoms with van der Waals surface area (Å²) in [5.41, 5.74) is 3.30. The molecule has 1 aromatic rings. The number of rotatable bonds is 3. The van der Waals surface area contributed by atoms with Crippen molar-refractivity contribution in [3.63, 3.8) is 0 Å². The predicted molar refractivity (Wildman–Crippen MR) is 75.7 cm³/mol. The van der Waals surface area contributed by atoms with Gasteiger partial charge in [-0.15, -0.1) is 0 Å². The van der Waals surface area contributed by atoms with Crippen LogP contribution < -0.4 is 5.43 Å². The predicted octanol–water partition coefficient (Wildman–Crippen LogP) is 2.71. The first-order chi connectivity index (χ1) is 10.3. The number of H-pyrrole nitrogens is 1. The van der Waals surface area contributed by atoms with Gasteiger partial charge in [-0.2, -0.15) is 18.3 Å². The molecule has 22 heavy (non-hydrogen) atoms.